The van der Waals surface area contributed by atoms with Crippen molar-refractivity contribution in [1.29, 1.82) is 0 Å². The fourth-order valence-electron chi connectivity index (χ4n) is 4.51. The molecule has 2 heterocycles. The van der Waals surface area contributed by atoms with Crippen molar-refractivity contribution in [3.05, 3.63) is 52.6 Å². The minimum absolute atomic E-state index is 0.0852. The number of aromatic nitrogens is 2. The topological polar surface area (TPSA) is 72.2 Å². The fraction of sp³-hybridized carbons (Fsp3) is 0.476. The van der Waals surface area contributed by atoms with E-state index in [0.717, 1.165) is 42.8 Å². The minimum atomic E-state index is -0.887. The Bertz CT molecular complexity index is 910. The number of carboxylic acid groups (broad SMARTS) is 1. The molecule has 1 saturated carbocycles. The highest BCUT2D eigenvalue weighted by atomic mass is 19.1. The van der Waals surface area contributed by atoms with Crippen LogP contribution in [0.3, 0.4) is 0 Å². The Morgan fingerprint density at radius 3 is 2.39 bits per heavy atom. The maximum atomic E-state index is 14.1. The molecule has 1 N–H and O–H groups in total. The molecule has 0 saturated heterocycles. The van der Waals surface area contributed by atoms with Crippen LogP contribution in [-0.4, -0.2) is 26.4 Å². The summed E-state index contributed by atoms with van der Waals surface area (Å²) in [6.45, 7) is 0.601. The Balaban J connectivity index is 1.70. The third-order valence-corrected chi connectivity index (χ3v) is 6.00. The van der Waals surface area contributed by atoms with Crippen LogP contribution in [-0.2, 0) is 17.8 Å². The predicted molar refractivity (Wildman–Crippen MR) is 97.3 cm³/mol. The second-order valence-electron chi connectivity index (χ2n) is 7.69. The predicted octanol–water partition coefficient (Wildman–Crippen LogP) is 4.09. The highest BCUT2D eigenvalue weighted by Crippen LogP contribution is 2.38. The van der Waals surface area contributed by atoms with E-state index in [0.29, 0.717) is 32.2 Å². The number of hydrogen-bond donors (Lipinski definition) is 1. The van der Waals surface area contributed by atoms with Crippen molar-refractivity contribution >= 4 is 11.8 Å². The Kier molecular flexibility index (Phi) is 5.00. The van der Waals surface area contributed by atoms with Gasteiger partial charge in [-0.2, -0.15) is 0 Å². The zero-order valence-corrected chi connectivity index (χ0v) is 15.5. The van der Waals surface area contributed by atoms with E-state index in [2.05, 4.69) is 4.98 Å². The number of aliphatic carboxylic acids is 1. The van der Waals surface area contributed by atoms with E-state index in [1.54, 1.807) is 0 Å². The molecular weight excluding hydrogens is 366 g/mol. The molecule has 148 valence electrons. The fourth-order valence-corrected chi connectivity index (χ4v) is 4.51. The van der Waals surface area contributed by atoms with Gasteiger partial charge in [-0.05, 0) is 57.1 Å². The zero-order chi connectivity index (χ0) is 19.8. The highest BCUT2D eigenvalue weighted by molar-refractivity contribution is 6.07. The number of ketones is 1. The number of rotatable bonds is 4. The van der Waals surface area contributed by atoms with Crippen molar-refractivity contribution in [2.45, 2.75) is 57.4 Å². The SMILES string of the molecule is O=C(c1c(F)cccc1F)c1nc(C2CCC(C(=O)O)CC2)c2n1CCCC2. The van der Waals surface area contributed by atoms with Gasteiger partial charge in [0.15, 0.2) is 5.82 Å². The number of fused-ring (bicyclic) bond motifs is 1. The molecule has 7 heteroatoms. The summed E-state index contributed by atoms with van der Waals surface area (Å²) in [6, 6.07) is 3.38. The third-order valence-electron chi connectivity index (χ3n) is 6.00. The summed E-state index contributed by atoms with van der Waals surface area (Å²) < 4.78 is 30.1. The van der Waals surface area contributed by atoms with Crippen LogP contribution < -0.4 is 0 Å². The van der Waals surface area contributed by atoms with Gasteiger partial charge in [0.1, 0.15) is 11.6 Å². The number of carbonyl (C=O) groups excluding carboxylic acids is 1. The summed E-state index contributed by atoms with van der Waals surface area (Å²) >= 11 is 0. The van der Waals surface area contributed by atoms with Gasteiger partial charge in [-0.15, -0.1) is 0 Å². The van der Waals surface area contributed by atoms with E-state index in [1.807, 2.05) is 4.57 Å². The molecule has 1 fully saturated rings. The average Bonchev–Trinajstić information content (AvgIpc) is 3.07. The van der Waals surface area contributed by atoms with Crippen LogP contribution in [0.5, 0.6) is 0 Å². The molecule has 0 atom stereocenters. The van der Waals surface area contributed by atoms with Gasteiger partial charge in [0.2, 0.25) is 5.78 Å². The lowest BCUT2D eigenvalue weighted by atomic mass is 9.79. The number of benzene rings is 1. The largest absolute Gasteiger partial charge is 0.481 e. The number of halogens is 2. The monoisotopic (exact) mass is 388 g/mol. The number of imidazole rings is 1. The molecule has 1 aliphatic heterocycles. The Morgan fingerprint density at radius 2 is 1.75 bits per heavy atom. The third kappa shape index (κ3) is 3.23. The molecule has 28 heavy (non-hydrogen) atoms. The number of hydrogen-bond acceptors (Lipinski definition) is 3. The first-order valence-corrected chi connectivity index (χ1v) is 9.78. The second-order valence-corrected chi connectivity index (χ2v) is 7.69. The molecular formula is C21H22F2N2O3. The first kappa shape index (κ1) is 18.8. The highest BCUT2D eigenvalue weighted by Gasteiger charge is 2.33. The molecule has 1 aromatic heterocycles. The Labute approximate surface area is 161 Å². The van der Waals surface area contributed by atoms with Gasteiger partial charge in [0.05, 0.1) is 17.2 Å². The molecule has 4 rings (SSSR count). The zero-order valence-electron chi connectivity index (χ0n) is 15.5. The maximum Gasteiger partial charge on any atom is 0.306 e. The van der Waals surface area contributed by atoms with Gasteiger partial charge >= 0.3 is 5.97 Å². The number of carbonyl (C=O) groups is 2. The van der Waals surface area contributed by atoms with E-state index >= 15 is 0 Å². The van der Waals surface area contributed by atoms with Crippen molar-refractivity contribution in [3.63, 3.8) is 0 Å². The molecule has 0 spiro atoms. The summed E-state index contributed by atoms with van der Waals surface area (Å²) in [5, 5.41) is 9.21. The van der Waals surface area contributed by atoms with E-state index in [4.69, 9.17) is 0 Å². The molecule has 0 amide bonds. The summed E-state index contributed by atoms with van der Waals surface area (Å²) in [4.78, 5) is 28.7. The lowest BCUT2D eigenvalue weighted by molar-refractivity contribution is -0.142. The van der Waals surface area contributed by atoms with E-state index in [1.165, 1.54) is 6.07 Å². The van der Waals surface area contributed by atoms with Crippen molar-refractivity contribution in [2.24, 2.45) is 5.92 Å². The van der Waals surface area contributed by atoms with Crippen LogP contribution >= 0.6 is 0 Å². The number of nitrogens with zero attached hydrogens (tertiary/aromatic N) is 2. The molecule has 1 aliphatic carbocycles. The maximum absolute atomic E-state index is 14.1. The van der Waals surface area contributed by atoms with Crippen molar-refractivity contribution in [3.8, 4) is 0 Å². The van der Waals surface area contributed by atoms with E-state index in [9.17, 15) is 23.5 Å². The lowest BCUT2D eigenvalue weighted by Gasteiger charge is -2.26. The van der Waals surface area contributed by atoms with Gasteiger partial charge < -0.3 is 9.67 Å². The molecule has 0 unspecified atom stereocenters. The van der Waals surface area contributed by atoms with E-state index < -0.39 is 29.0 Å². The van der Waals surface area contributed by atoms with Crippen LogP contribution in [0.1, 0.15) is 72.0 Å². The van der Waals surface area contributed by atoms with Gasteiger partial charge in [-0.1, -0.05) is 6.07 Å². The van der Waals surface area contributed by atoms with Gasteiger partial charge in [-0.25, -0.2) is 13.8 Å². The first-order chi connectivity index (χ1) is 13.5. The lowest BCUT2D eigenvalue weighted by Crippen LogP contribution is -2.22. The number of carboxylic acids is 1. The first-order valence-electron chi connectivity index (χ1n) is 9.78. The summed E-state index contributed by atoms with van der Waals surface area (Å²) in [5.41, 5.74) is 1.20. The van der Waals surface area contributed by atoms with Crippen LogP contribution in [0.15, 0.2) is 18.2 Å². The molecule has 1 aromatic carbocycles. The smallest absolute Gasteiger partial charge is 0.306 e. The van der Waals surface area contributed by atoms with Gasteiger partial charge in [-0.3, -0.25) is 9.59 Å². The van der Waals surface area contributed by atoms with E-state index in [-0.39, 0.29) is 17.7 Å². The molecule has 0 bridgehead atoms. The van der Waals surface area contributed by atoms with Crippen molar-refractivity contribution < 1.29 is 23.5 Å². The van der Waals surface area contributed by atoms with Gasteiger partial charge in [0.25, 0.3) is 0 Å². The minimum Gasteiger partial charge on any atom is -0.481 e. The molecule has 2 aromatic rings. The van der Waals surface area contributed by atoms with Crippen LogP contribution in [0, 0.1) is 17.6 Å². The summed E-state index contributed by atoms with van der Waals surface area (Å²) in [5.74, 6) is -3.43. The second kappa shape index (κ2) is 7.45. The van der Waals surface area contributed by atoms with Crippen LogP contribution in [0.2, 0.25) is 0 Å². The quantitative estimate of drug-likeness (QED) is 0.801. The Morgan fingerprint density at radius 1 is 1.07 bits per heavy atom. The average molecular weight is 388 g/mol. The standard InChI is InChI=1S/C21H22F2N2O3/c22-14-4-3-5-15(23)17(14)19(26)20-24-18(16-6-1-2-11-25(16)20)12-7-9-13(10-8-12)21(27)28/h3-5,12-13H,1-2,6-11H2,(H,27,28). The summed E-state index contributed by atoms with van der Waals surface area (Å²) in [6.07, 6.45) is 5.19. The normalized spacial score (nSPS) is 21.9. The van der Waals surface area contributed by atoms with Crippen molar-refractivity contribution in [1.82, 2.24) is 9.55 Å². The summed E-state index contributed by atoms with van der Waals surface area (Å²) in [7, 11) is 0. The van der Waals surface area contributed by atoms with Crippen molar-refractivity contribution in [2.75, 3.05) is 0 Å². The van der Waals surface area contributed by atoms with Gasteiger partial charge in [0, 0.05) is 18.2 Å². The molecule has 0 radical (unpaired) electrons. The molecule has 5 nitrogen and oxygen atoms in total. The Hall–Kier alpha value is -2.57. The van der Waals surface area contributed by atoms with Crippen LogP contribution in [0.4, 0.5) is 8.78 Å². The molecule has 2 aliphatic rings. The van der Waals surface area contributed by atoms with Crippen LogP contribution in [0.25, 0.3) is 0 Å².